The van der Waals surface area contributed by atoms with Gasteiger partial charge in [-0.2, -0.15) is 18.3 Å². The zero-order valence-electron chi connectivity index (χ0n) is 9.44. The van der Waals surface area contributed by atoms with Gasteiger partial charge in [-0.1, -0.05) is 0 Å². The Bertz CT molecular complexity index is 439. The van der Waals surface area contributed by atoms with Crippen molar-refractivity contribution in [3.05, 3.63) is 18.0 Å². The normalized spacial score (nSPS) is 17.7. The molecule has 0 saturated heterocycles. The molecule has 1 aliphatic carbocycles. The van der Waals surface area contributed by atoms with Crippen LogP contribution in [0.4, 0.5) is 13.2 Å². The molecule has 1 atom stereocenters. The first-order valence-corrected chi connectivity index (χ1v) is 5.51. The average Bonchev–Trinajstić information content (AvgIpc) is 2.91. The molecule has 0 aromatic carbocycles. The molecule has 1 saturated carbocycles. The lowest BCUT2D eigenvalue weighted by molar-refractivity contribution is -0.137. The minimum atomic E-state index is -4.43. The van der Waals surface area contributed by atoms with E-state index >= 15 is 0 Å². The van der Waals surface area contributed by atoms with E-state index in [-0.39, 0.29) is 12.6 Å². The van der Waals surface area contributed by atoms with Gasteiger partial charge in [0, 0.05) is 12.2 Å². The summed E-state index contributed by atoms with van der Waals surface area (Å²) < 4.78 is 38.1. The molecule has 0 spiro atoms. The molecule has 0 aliphatic heterocycles. The Kier molecular flexibility index (Phi) is 3.29. The van der Waals surface area contributed by atoms with E-state index in [1.54, 1.807) is 0 Å². The minimum Gasteiger partial charge on any atom is -0.368 e. The molecule has 100 valence electrons. The molecular formula is C10H13F3N4O. The van der Waals surface area contributed by atoms with Crippen LogP contribution in [0.2, 0.25) is 0 Å². The maximum absolute atomic E-state index is 12.4. The number of aromatic nitrogens is 2. The summed E-state index contributed by atoms with van der Waals surface area (Å²) in [5.41, 5.74) is 4.35. The Balaban J connectivity index is 2.01. The second kappa shape index (κ2) is 4.60. The van der Waals surface area contributed by atoms with Crippen molar-refractivity contribution in [1.82, 2.24) is 15.1 Å². The van der Waals surface area contributed by atoms with Crippen LogP contribution in [0.1, 0.15) is 18.4 Å². The van der Waals surface area contributed by atoms with Crippen LogP contribution >= 0.6 is 0 Å². The fourth-order valence-electron chi connectivity index (χ4n) is 1.56. The van der Waals surface area contributed by atoms with Crippen LogP contribution in [0, 0.1) is 0 Å². The molecule has 5 nitrogen and oxygen atoms in total. The largest absolute Gasteiger partial charge is 0.419 e. The van der Waals surface area contributed by atoms with Gasteiger partial charge in [-0.15, -0.1) is 0 Å². The molecule has 2 rings (SSSR count). The van der Waals surface area contributed by atoms with Gasteiger partial charge in [0.25, 0.3) is 0 Å². The Morgan fingerprint density at radius 2 is 2.28 bits per heavy atom. The Morgan fingerprint density at radius 3 is 2.72 bits per heavy atom. The third kappa shape index (κ3) is 3.22. The topological polar surface area (TPSA) is 72.9 Å². The quantitative estimate of drug-likeness (QED) is 0.812. The number of primary amides is 1. The molecule has 1 aromatic rings. The molecular weight excluding hydrogens is 249 g/mol. The van der Waals surface area contributed by atoms with E-state index in [2.05, 4.69) is 10.4 Å². The van der Waals surface area contributed by atoms with Crippen molar-refractivity contribution < 1.29 is 18.0 Å². The van der Waals surface area contributed by atoms with Gasteiger partial charge < -0.3 is 11.1 Å². The highest BCUT2D eigenvalue weighted by Gasteiger charge is 2.33. The molecule has 1 aliphatic rings. The van der Waals surface area contributed by atoms with E-state index in [0.717, 1.165) is 29.9 Å². The summed E-state index contributed by atoms with van der Waals surface area (Å²) in [5.74, 6) is -0.592. The molecule has 0 radical (unpaired) electrons. The molecule has 0 bridgehead atoms. The Morgan fingerprint density at radius 1 is 1.61 bits per heavy atom. The average molecular weight is 262 g/mol. The number of nitrogens with two attached hydrogens (primary N) is 1. The van der Waals surface area contributed by atoms with Crippen molar-refractivity contribution in [3.8, 4) is 0 Å². The molecule has 1 fully saturated rings. The van der Waals surface area contributed by atoms with Crippen LogP contribution in [0.3, 0.4) is 0 Å². The van der Waals surface area contributed by atoms with E-state index in [4.69, 9.17) is 5.73 Å². The lowest BCUT2D eigenvalue weighted by Crippen LogP contribution is -2.45. The third-order valence-electron chi connectivity index (χ3n) is 2.69. The number of amides is 1. The van der Waals surface area contributed by atoms with Gasteiger partial charge >= 0.3 is 6.18 Å². The van der Waals surface area contributed by atoms with Crippen molar-refractivity contribution in [1.29, 1.82) is 0 Å². The highest BCUT2D eigenvalue weighted by atomic mass is 19.4. The first-order chi connectivity index (χ1) is 8.36. The summed E-state index contributed by atoms with van der Waals surface area (Å²) in [4.78, 5) is 11.2. The smallest absolute Gasteiger partial charge is 0.368 e. The van der Waals surface area contributed by atoms with Gasteiger partial charge in [-0.3, -0.25) is 9.48 Å². The van der Waals surface area contributed by atoms with Crippen molar-refractivity contribution >= 4 is 5.91 Å². The predicted octanol–water partition coefficient (Wildman–Crippen LogP) is 0.508. The number of hydrogen-bond acceptors (Lipinski definition) is 3. The Hall–Kier alpha value is -1.57. The minimum absolute atomic E-state index is 0.00190. The van der Waals surface area contributed by atoms with Crippen molar-refractivity contribution in [2.24, 2.45) is 5.73 Å². The van der Waals surface area contributed by atoms with Crippen LogP contribution in [0.15, 0.2) is 12.4 Å². The van der Waals surface area contributed by atoms with Crippen LogP contribution in [0.25, 0.3) is 0 Å². The maximum atomic E-state index is 12.4. The van der Waals surface area contributed by atoms with Crippen LogP contribution in [-0.2, 0) is 17.5 Å². The molecule has 3 N–H and O–H groups in total. The van der Waals surface area contributed by atoms with Gasteiger partial charge in [0.1, 0.15) is 6.04 Å². The second-order valence-corrected chi connectivity index (χ2v) is 4.34. The summed E-state index contributed by atoms with van der Waals surface area (Å²) in [5, 5.41) is 6.55. The van der Waals surface area contributed by atoms with Crippen molar-refractivity contribution in [3.63, 3.8) is 0 Å². The number of nitrogens with one attached hydrogen (secondary N) is 1. The molecule has 1 unspecified atom stereocenters. The lowest BCUT2D eigenvalue weighted by atomic mass is 10.2. The van der Waals surface area contributed by atoms with E-state index in [1.807, 2.05) is 0 Å². The number of hydrogen-bond donors (Lipinski definition) is 2. The summed E-state index contributed by atoms with van der Waals surface area (Å²) in [6, 6.07) is -0.460. The monoisotopic (exact) mass is 262 g/mol. The van der Waals surface area contributed by atoms with Crippen molar-refractivity contribution in [2.75, 3.05) is 0 Å². The van der Waals surface area contributed by atoms with Crippen molar-refractivity contribution in [2.45, 2.75) is 37.6 Å². The fraction of sp³-hybridized carbons (Fsp3) is 0.600. The molecule has 1 heterocycles. The number of carbonyl (C=O) groups is 1. The Labute approximate surface area is 101 Å². The standard InChI is InChI=1S/C10H13F3N4O/c11-10(12,13)6-3-15-17(4-6)5-8(9(14)18)16-7-1-2-7/h3-4,7-8,16H,1-2,5H2,(H2,14,18). The molecule has 1 amide bonds. The zero-order chi connectivity index (χ0) is 13.3. The van der Waals surface area contributed by atoms with E-state index in [9.17, 15) is 18.0 Å². The first kappa shape index (κ1) is 12.9. The molecule has 1 aromatic heterocycles. The predicted molar refractivity (Wildman–Crippen MR) is 56.4 cm³/mol. The molecule has 8 heteroatoms. The third-order valence-corrected chi connectivity index (χ3v) is 2.69. The summed E-state index contributed by atoms with van der Waals surface area (Å²) >= 11 is 0. The summed E-state index contributed by atoms with van der Waals surface area (Å²) in [6.45, 7) is 0.00190. The highest BCUT2D eigenvalue weighted by Crippen LogP contribution is 2.28. The van der Waals surface area contributed by atoms with Gasteiger partial charge in [-0.05, 0) is 12.8 Å². The SMILES string of the molecule is NC(=O)C(Cn1cc(C(F)(F)F)cn1)NC1CC1. The number of carbonyl (C=O) groups excluding carboxylic acids is 1. The number of halogens is 3. The number of rotatable bonds is 5. The van der Waals surface area contributed by atoms with E-state index < -0.39 is 23.7 Å². The molecule has 18 heavy (non-hydrogen) atoms. The lowest BCUT2D eigenvalue weighted by Gasteiger charge is -2.14. The van der Waals surface area contributed by atoms with Crippen LogP contribution < -0.4 is 11.1 Å². The number of alkyl halides is 3. The zero-order valence-corrected chi connectivity index (χ0v) is 9.44. The van der Waals surface area contributed by atoms with Gasteiger partial charge in [0.15, 0.2) is 0 Å². The number of nitrogens with zero attached hydrogens (tertiary/aromatic N) is 2. The summed E-state index contributed by atoms with van der Waals surface area (Å²) in [7, 11) is 0. The van der Waals surface area contributed by atoms with E-state index in [0.29, 0.717) is 0 Å². The van der Waals surface area contributed by atoms with Crippen LogP contribution in [-0.4, -0.2) is 27.8 Å². The van der Waals surface area contributed by atoms with Gasteiger partial charge in [-0.25, -0.2) is 0 Å². The highest BCUT2D eigenvalue weighted by molar-refractivity contribution is 5.79. The van der Waals surface area contributed by atoms with Crippen LogP contribution in [0.5, 0.6) is 0 Å². The second-order valence-electron chi connectivity index (χ2n) is 4.34. The van der Waals surface area contributed by atoms with Gasteiger partial charge in [0.2, 0.25) is 5.91 Å². The van der Waals surface area contributed by atoms with E-state index in [1.165, 1.54) is 0 Å². The first-order valence-electron chi connectivity index (χ1n) is 5.51. The maximum Gasteiger partial charge on any atom is 0.419 e. The fourth-order valence-corrected chi connectivity index (χ4v) is 1.56. The van der Waals surface area contributed by atoms with Gasteiger partial charge in [0.05, 0.1) is 18.3 Å². The summed E-state index contributed by atoms with van der Waals surface area (Å²) in [6.07, 6.45) is -0.919.